The number of carbonyl (C=O) groups excluding carboxylic acids is 1. The van der Waals surface area contributed by atoms with Crippen molar-refractivity contribution in [3.63, 3.8) is 0 Å². The molecule has 1 nitrogen and oxygen atoms in total. The lowest BCUT2D eigenvalue weighted by molar-refractivity contribution is -0.104. The summed E-state index contributed by atoms with van der Waals surface area (Å²) in [7, 11) is 5.13. The molecule has 0 aliphatic heterocycles. The van der Waals surface area contributed by atoms with Gasteiger partial charge >= 0.3 is 0 Å². The van der Waals surface area contributed by atoms with Crippen molar-refractivity contribution in [3.05, 3.63) is 11.0 Å². The first kappa shape index (κ1) is 6.47. The number of hydrogen-bond acceptors (Lipinski definition) is 1. The Hall–Kier alpha value is -0.525. The van der Waals surface area contributed by atoms with Gasteiger partial charge in [0.2, 0.25) is 0 Å². The molecule has 0 aliphatic rings. The van der Waals surface area contributed by atoms with Crippen LogP contribution in [0.4, 0.5) is 0 Å². The summed E-state index contributed by atoms with van der Waals surface area (Å²) in [5, 5.41) is 0. The Morgan fingerprint density at radius 3 is 2.00 bits per heavy atom. The fourth-order valence-electron chi connectivity index (χ4n) is 0.118. The van der Waals surface area contributed by atoms with E-state index in [9.17, 15) is 4.79 Å². The number of allylic oxidation sites excluding steroid dienone is 2. The lowest BCUT2D eigenvalue weighted by Crippen LogP contribution is -1.83. The van der Waals surface area contributed by atoms with Crippen LogP contribution >= 0.6 is 0 Å². The van der Waals surface area contributed by atoms with Gasteiger partial charge in [0.1, 0.15) is 14.1 Å². The van der Waals surface area contributed by atoms with Crippen molar-refractivity contribution in [2.24, 2.45) is 0 Å². The minimum atomic E-state index is 0.333. The zero-order valence-electron chi connectivity index (χ0n) is 4.56. The van der Waals surface area contributed by atoms with Gasteiger partial charge in [-0.25, -0.2) is 0 Å². The maximum absolute atomic E-state index is 9.76. The summed E-state index contributed by atoms with van der Waals surface area (Å²) < 4.78 is 0. The molecule has 0 bridgehead atoms. The molecule has 0 N–H and O–H groups in total. The molecule has 0 amide bonds. The van der Waals surface area contributed by atoms with Gasteiger partial charge < -0.3 is 0 Å². The van der Waals surface area contributed by atoms with Crippen molar-refractivity contribution in [2.75, 3.05) is 0 Å². The van der Waals surface area contributed by atoms with E-state index in [4.69, 9.17) is 7.85 Å². The lowest BCUT2D eigenvalue weighted by Gasteiger charge is -1.87. The predicted molar refractivity (Wildman–Crippen MR) is 30.2 cm³/mol. The molecule has 0 unspecified atom stereocenters. The van der Waals surface area contributed by atoms with Crippen molar-refractivity contribution in [2.45, 2.75) is 13.8 Å². The summed E-state index contributed by atoms with van der Waals surface area (Å²) in [5.41, 5.74) is 1.20. The van der Waals surface area contributed by atoms with E-state index >= 15 is 0 Å². The second-order valence-electron chi connectivity index (χ2n) is 1.57. The average molecular weight is 93.9 g/mol. The highest BCUT2D eigenvalue weighted by Crippen LogP contribution is 1.91. The molecule has 0 aliphatic carbocycles. The first-order valence-electron chi connectivity index (χ1n) is 2.06. The quantitative estimate of drug-likeness (QED) is 0.265. The summed E-state index contributed by atoms with van der Waals surface area (Å²) in [6.45, 7) is 3.59. The Bertz CT molecular complexity index is 101. The highest BCUT2D eigenvalue weighted by molar-refractivity contribution is 6.32. The van der Waals surface area contributed by atoms with E-state index in [0.717, 1.165) is 5.57 Å². The molecule has 0 aromatic heterocycles. The molecule has 0 spiro atoms. The van der Waals surface area contributed by atoms with Crippen LogP contribution in [0.25, 0.3) is 0 Å². The van der Waals surface area contributed by atoms with Gasteiger partial charge in [0.15, 0.2) is 0 Å². The zero-order valence-corrected chi connectivity index (χ0v) is 4.56. The number of rotatable bonds is 1. The van der Waals surface area contributed by atoms with E-state index in [2.05, 4.69) is 0 Å². The van der Waals surface area contributed by atoms with Crippen molar-refractivity contribution < 1.29 is 4.79 Å². The van der Waals surface area contributed by atoms with Gasteiger partial charge in [-0.2, -0.15) is 0 Å². The van der Waals surface area contributed by atoms with Gasteiger partial charge in [-0.1, -0.05) is 11.0 Å². The van der Waals surface area contributed by atoms with Crippen LogP contribution in [0, 0.1) is 0 Å². The Balaban J connectivity index is 3.98. The van der Waals surface area contributed by atoms with E-state index in [1.807, 2.05) is 0 Å². The number of carbonyl (C=O) groups is 1. The Morgan fingerprint density at radius 1 is 1.57 bits per heavy atom. The fraction of sp³-hybridized carbons (Fsp3) is 0.400. The minimum absolute atomic E-state index is 0.333. The summed E-state index contributed by atoms with van der Waals surface area (Å²) in [6.07, 6.45) is 0.648. The molecular weight excluding hydrogens is 86.9 g/mol. The molecule has 0 heterocycles. The summed E-state index contributed by atoms with van der Waals surface area (Å²) >= 11 is 0. The topological polar surface area (TPSA) is 17.1 Å². The standard InChI is InChI=1S/C5H7BO/c1-4(2)5(6)3-7/h3H,1-2H3. The van der Waals surface area contributed by atoms with Crippen molar-refractivity contribution >= 4 is 14.1 Å². The summed E-state index contributed by atoms with van der Waals surface area (Å²) in [5.74, 6) is 0. The SMILES string of the molecule is [B]C(C=O)=C(C)C. The maximum atomic E-state index is 9.76. The van der Waals surface area contributed by atoms with Gasteiger partial charge in [-0.05, 0) is 13.8 Å². The number of aldehydes is 1. The van der Waals surface area contributed by atoms with Crippen LogP contribution in [-0.2, 0) is 4.79 Å². The highest BCUT2D eigenvalue weighted by Gasteiger charge is 1.82. The van der Waals surface area contributed by atoms with Crippen LogP contribution in [0.15, 0.2) is 11.0 Å². The lowest BCUT2D eigenvalue weighted by atomic mass is 9.93. The minimum Gasteiger partial charge on any atom is -0.299 e. The molecule has 36 valence electrons. The van der Waals surface area contributed by atoms with E-state index in [1.54, 1.807) is 13.8 Å². The summed E-state index contributed by atoms with van der Waals surface area (Å²) in [6, 6.07) is 0. The van der Waals surface area contributed by atoms with Crippen molar-refractivity contribution in [1.82, 2.24) is 0 Å². The van der Waals surface area contributed by atoms with Crippen LogP contribution in [-0.4, -0.2) is 14.1 Å². The van der Waals surface area contributed by atoms with E-state index in [-0.39, 0.29) is 0 Å². The molecule has 0 aromatic rings. The molecule has 0 atom stereocenters. The smallest absolute Gasteiger partial charge is 0.135 e. The van der Waals surface area contributed by atoms with Gasteiger partial charge in [-0.15, -0.1) is 0 Å². The Kier molecular flexibility index (Phi) is 2.42. The monoisotopic (exact) mass is 94.1 g/mol. The highest BCUT2D eigenvalue weighted by atomic mass is 16.1. The van der Waals surface area contributed by atoms with Gasteiger partial charge in [-0.3, -0.25) is 4.79 Å². The van der Waals surface area contributed by atoms with Crippen LogP contribution in [0.5, 0.6) is 0 Å². The second kappa shape index (κ2) is 2.62. The van der Waals surface area contributed by atoms with Crippen LogP contribution < -0.4 is 0 Å². The normalized spacial score (nSPS) is 7.71. The molecule has 0 aromatic carbocycles. The largest absolute Gasteiger partial charge is 0.299 e. The average Bonchev–Trinajstić information content (AvgIpc) is 1.65. The van der Waals surface area contributed by atoms with Crippen LogP contribution in [0.2, 0.25) is 0 Å². The van der Waals surface area contributed by atoms with E-state index in [1.165, 1.54) is 0 Å². The summed E-state index contributed by atoms with van der Waals surface area (Å²) in [4.78, 5) is 9.76. The molecule has 2 radical (unpaired) electrons. The molecule has 0 saturated carbocycles. The van der Waals surface area contributed by atoms with Gasteiger partial charge in [0, 0.05) is 0 Å². The predicted octanol–water partition coefficient (Wildman–Crippen LogP) is 0.648. The first-order valence-corrected chi connectivity index (χ1v) is 2.06. The molecule has 2 heteroatoms. The fourth-order valence-corrected chi connectivity index (χ4v) is 0.118. The van der Waals surface area contributed by atoms with Crippen molar-refractivity contribution in [3.8, 4) is 0 Å². The van der Waals surface area contributed by atoms with Crippen LogP contribution in [0.1, 0.15) is 13.8 Å². The zero-order chi connectivity index (χ0) is 5.86. The molecule has 0 fully saturated rings. The van der Waals surface area contributed by atoms with Crippen LogP contribution in [0.3, 0.4) is 0 Å². The van der Waals surface area contributed by atoms with E-state index in [0.29, 0.717) is 11.8 Å². The molecule has 0 saturated heterocycles. The van der Waals surface area contributed by atoms with E-state index < -0.39 is 0 Å². The maximum Gasteiger partial charge on any atom is 0.135 e. The molecule has 0 rings (SSSR count). The first-order chi connectivity index (χ1) is 3.18. The van der Waals surface area contributed by atoms with Gasteiger partial charge in [0.25, 0.3) is 0 Å². The molecular formula is C5H7BO. The Morgan fingerprint density at radius 2 is 2.00 bits per heavy atom. The third-order valence-electron chi connectivity index (χ3n) is 0.704. The molecule has 7 heavy (non-hydrogen) atoms. The second-order valence-corrected chi connectivity index (χ2v) is 1.57. The third-order valence-corrected chi connectivity index (χ3v) is 0.704. The Labute approximate surface area is 44.8 Å². The third kappa shape index (κ3) is 2.21. The number of hydrogen-bond donors (Lipinski definition) is 0. The van der Waals surface area contributed by atoms with Gasteiger partial charge in [0.05, 0.1) is 0 Å². The van der Waals surface area contributed by atoms with Crippen molar-refractivity contribution in [1.29, 1.82) is 0 Å².